The number of hydrogen-bond acceptors (Lipinski definition) is 5. The van der Waals surface area contributed by atoms with Gasteiger partial charge in [0.05, 0.1) is 37.2 Å². The van der Waals surface area contributed by atoms with E-state index in [1.54, 1.807) is 43.4 Å². The lowest BCUT2D eigenvalue weighted by Crippen LogP contribution is -2.38. The normalized spacial score (nSPS) is 16.4. The van der Waals surface area contributed by atoms with Crippen LogP contribution in [-0.4, -0.2) is 56.5 Å². The van der Waals surface area contributed by atoms with Crippen molar-refractivity contribution >= 4 is 34.9 Å². The molecule has 2 aromatic rings. The van der Waals surface area contributed by atoms with E-state index in [0.717, 1.165) is 0 Å². The maximum absolute atomic E-state index is 12.4. The lowest BCUT2D eigenvalue weighted by molar-refractivity contribution is -0.0837. The van der Waals surface area contributed by atoms with Gasteiger partial charge < -0.3 is 24.8 Å². The summed E-state index contributed by atoms with van der Waals surface area (Å²) in [6.45, 7) is 2.06. The first kappa shape index (κ1) is 20.1. The molecule has 3 rings (SSSR count). The van der Waals surface area contributed by atoms with E-state index in [9.17, 15) is 14.7 Å². The topological polar surface area (TPSA) is 88.1 Å². The van der Waals surface area contributed by atoms with Crippen LogP contribution < -0.4 is 10.2 Å². The highest BCUT2D eigenvalue weighted by molar-refractivity contribution is 6.31. The predicted molar refractivity (Wildman–Crippen MR) is 107 cm³/mol. The maximum atomic E-state index is 12.4. The van der Waals surface area contributed by atoms with Gasteiger partial charge in [-0.05, 0) is 36.4 Å². The van der Waals surface area contributed by atoms with Crippen LogP contribution in [0.15, 0.2) is 42.5 Å². The molecule has 1 amide bonds. The first-order chi connectivity index (χ1) is 13.4. The SMILES string of the molecule is CN(CC1COCCO1)c1ccc(NC(=O)c2cccc(Cl)c2)cc1C(=O)O. The molecule has 148 valence electrons. The van der Waals surface area contributed by atoms with Gasteiger partial charge in [0, 0.05) is 29.9 Å². The summed E-state index contributed by atoms with van der Waals surface area (Å²) in [6.07, 6.45) is -0.123. The van der Waals surface area contributed by atoms with Gasteiger partial charge >= 0.3 is 5.97 Å². The van der Waals surface area contributed by atoms with Crippen LogP contribution in [-0.2, 0) is 9.47 Å². The summed E-state index contributed by atoms with van der Waals surface area (Å²) >= 11 is 5.91. The summed E-state index contributed by atoms with van der Waals surface area (Å²) in [5.74, 6) is -1.45. The minimum atomic E-state index is -1.08. The molecule has 1 unspecified atom stereocenters. The molecule has 1 atom stereocenters. The van der Waals surface area contributed by atoms with Gasteiger partial charge in [0.25, 0.3) is 5.91 Å². The van der Waals surface area contributed by atoms with Crippen molar-refractivity contribution in [3.05, 3.63) is 58.6 Å². The number of anilines is 2. The lowest BCUT2D eigenvalue weighted by Gasteiger charge is -2.29. The highest BCUT2D eigenvalue weighted by Gasteiger charge is 2.20. The van der Waals surface area contributed by atoms with Crippen molar-refractivity contribution in [2.45, 2.75) is 6.10 Å². The Kier molecular flexibility index (Phi) is 6.51. The first-order valence-corrected chi connectivity index (χ1v) is 9.16. The van der Waals surface area contributed by atoms with Crippen LogP contribution in [0.3, 0.4) is 0 Å². The molecule has 0 aromatic heterocycles. The number of benzene rings is 2. The van der Waals surface area contributed by atoms with Gasteiger partial charge in [0.1, 0.15) is 0 Å². The van der Waals surface area contributed by atoms with Gasteiger partial charge in [0.15, 0.2) is 0 Å². The number of carboxylic acid groups (broad SMARTS) is 1. The zero-order chi connectivity index (χ0) is 20.1. The average Bonchev–Trinajstić information content (AvgIpc) is 2.68. The Bertz CT molecular complexity index is 867. The largest absolute Gasteiger partial charge is 0.478 e. The average molecular weight is 405 g/mol. The van der Waals surface area contributed by atoms with Crippen LogP contribution in [0, 0.1) is 0 Å². The third kappa shape index (κ3) is 5.01. The standard InChI is InChI=1S/C20H21ClN2O5/c1-23(11-16-12-27-7-8-28-16)18-6-5-15(10-17(18)20(25)26)22-19(24)13-3-2-4-14(21)9-13/h2-6,9-10,16H,7-8,11-12H2,1H3,(H,22,24)(H,25,26). The molecule has 7 nitrogen and oxygen atoms in total. The fourth-order valence-corrected chi connectivity index (χ4v) is 3.19. The Balaban J connectivity index is 1.76. The number of carboxylic acids is 1. The van der Waals surface area contributed by atoms with Crippen molar-refractivity contribution in [1.29, 1.82) is 0 Å². The van der Waals surface area contributed by atoms with Crippen molar-refractivity contribution in [2.24, 2.45) is 0 Å². The smallest absolute Gasteiger partial charge is 0.337 e. The fraction of sp³-hybridized carbons (Fsp3) is 0.300. The molecular formula is C20H21ClN2O5. The monoisotopic (exact) mass is 404 g/mol. The Hall–Kier alpha value is -2.61. The van der Waals surface area contributed by atoms with Gasteiger partial charge in [-0.2, -0.15) is 0 Å². The minimum absolute atomic E-state index is 0.0862. The minimum Gasteiger partial charge on any atom is -0.478 e. The van der Waals surface area contributed by atoms with Crippen LogP contribution >= 0.6 is 11.6 Å². The molecule has 1 aliphatic rings. The Labute approximate surface area is 167 Å². The zero-order valence-corrected chi connectivity index (χ0v) is 16.1. The fourth-order valence-electron chi connectivity index (χ4n) is 3.00. The van der Waals surface area contributed by atoms with Crippen LogP contribution in [0.2, 0.25) is 5.02 Å². The van der Waals surface area contributed by atoms with Gasteiger partial charge in [-0.25, -0.2) is 4.79 Å². The van der Waals surface area contributed by atoms with E-state index in [0.29, 0.717) is 48.3 Å². The lowest BCUT2D eigenvalue weighted by atomic mass is 10.1. The molecule has 0 spiro atoms. The highest BCUT2D eigenvalue weighted by Crippen LogP contribution is 2.25. The molecule has 28 heavy (non-hydrogen) atoms. The molecule has 1 heterocycles. The number of hydrogen-bond donors (Lipinski definition) is 2. The van der Waals surface area contributed by atoms with Gasteiger partial charge in [-0.3, -0.25) is 4.79 Å². The van der Waals surface area contributed by atoms with Crippen molar-refractivity contribution in [3.63, 3.8) is 0 Å². The number of likely N-dealkylation sites (N-methyl/N-ethyl adjacent to an activating group) is 1. The summed E-state index contributed by atoms with van der Waals surface area (Å²) in [6, 6.07) is 11.3. The van der Waals surface area contributed by atoms with E-state index in [4.69, 9.17) is 21.1 Å². The molecule has 1 aliphatic heterocycles. The molecule has 1 fully saturated rings. The summed E-state index contributed by atoms with van der Waals surface area (Å²) in [5.41, 5.74) is 1.39. The van der Waals surface area contributed by atoms with Crippen LogP contribution in [0.4, 0.5) is 11.4 Å². The van der Waals surface area contributed by atoms with Crippen molar-refractivity contribution in [1.82, 2.24) is 0 Å². The number of ether oxygens (including phenoxy) is 2. The van der Waals surface area contributed by atoms with Gasteiger partial charge in [0.2, 0.25) is 0 Å². The number of halogens is 1. The quantitative estimate of drug-likeness (QED) is 0.769. The number of carbonyl (C=O) groups is 2. The van der Waals surface area contributed by atoms with Crippen molar-refractivity contribution < 1.29 is 24.2 Å². The number of carbonyl (C=O) groups excluding carboxylic acids is 1. The third-order valence-corrected chi connectivity index (χ3v) is 4.58. The van der Waals surface area contributed by atoms with Gasteiger partial charge in [-0.1, -0.05) is 17.7 Å². The van der Waals surface area contributed by atoms with Crippen LogP contribution in [0.5, 0.6) is 0 Å². The predicted octanol–water partition coefficient (Wildman–Crippen LogP) is 3.14. The Morgan fingerprint density at radius 3 is 2.75 bits per heavy atom. The van der Waals surface area contributed by atoms with E-state index >= 15 is 0 Å². The van der Waals surface area contributed by atoms with Crippen molar-refractivity contribution in [2.75, 3.05) is 43.6 Å². The molecule has 0 bridgehead atoms. The first-order valence-electron chi connectivity index (χ1n) is 8.79. The number of nitrogens with zero attached hydrogens (tertiary/aromatic N) is 1. The molecule has 1 saturated heterocycles. The van der Waals surface area contributed by atoms with Crippen molar-refractivity contribution in [3.8, 4) is 0 Å². The number of amides is 1. The molecule has 8 heteroatoms. The maximum Gasteiger partial charge on any atom is 0.337 e. The summed E-state index contributed by atoms with van der Waals surface area (Å²) in [4.78, 5) is 25.9. The molecule has 2 aromatic carbocycles. The second-order valence-electron chi connectivity index (χ2n) is 6.45. The van der Waals surface area contributed by atoms with E-state index in [-0.39, 0.29) is 17.6 Å². The molecule has 2 N–H and O–H groups in total. The highest BCUT2D eigenvalue weighted by atomic mass is 35.5. The van der Waals surface area contributed by atoms with E-state index in [2.05, 4.69) is 5.32 Å². The third-order valence-electron chi connectivity index (χ3n) is 4.35. The van der Waals surface area contributed by atoms with E-state index in [1.807, 2.05) is 4.90 Å². The van der Waals surface area contributed by atoms with E-state index in [1.165, 1.54) is 6.07 Å². The molecule has 0 aliphatic carbocycles. The zero-order valence-electron chi connectivity index (χ0n) is 15.4. The summed E-state index contributed by atoms with van der Waals surface area (Å²) in [7, 11) is 1.80. The summed E-state index contributed by atoms with van der Waals surface area (Å²) < 4.78 is 11.0. The number of rotatable bonds is 6. The Morgan fingerprint density at radius 1 is 1.25 bits per heavy atom. The second-order valence-corrected chi connectivity index (χ2v) is 6.89. The summed E-state index contributed by atoms with van der Waals surface area (Å²) in [5, 5.41) is 12.8. The molecule has 0 saturated carbocycles. The molecular weight excluding hydrogens is 384 g/mol. The van der Waals surface area contributed by atoms with Crippen LogP contribution in [0.25, 0.3) is 0 Å². The number of nitrogens with one attached hydrogen (secondary N) is 1. The van der Waals surface area contributed by atoms with Gasteiger partial charge in [-0.15, -0.1) is 0 Å². The molecule has 0 radical (unpaired) electrons. The number of aromatic carboxylic acids is 1. The van der Waals surface area contributed by atoms with Crippen LogP contribution in [0.1, 0.15) is 20.7 Å². The van der Waals surface area contributed by atoms with E-state index < -0.39 is 5.97 Å². The Morgan fingerprint density at radius 2 is 2.07 bits per heavy atom. The second kappa shape index (κ2) is 9.05.